The van der Waals surface area contributed by atoms with Crippen LogP contribution in [0.25, 0.3) is 0 Å². The van der Waals surface area contributed by atoms with Crippen LogP contribution in [0.3, 0.4) is 0 Å². The van der Waals surface area contributed by atoms with Crippen LogP contribution >= 0.6 is 0 Å². The molecule has 1 aliphatic heterocycles. The summed E-state index contributed by atoms with van der Waals surface area (Å²) >= 11 is 0. The zero-order valence-corrected chi connectivity index (χ0v) is 15.5. The normalized spacial score (nSPS) is 15.2. The molecule has 0 saturated carbocycles. The molecule has 8 nitrogen and oxygen atoms in total. The van der Waals surface area contributed by atoms with Gasteiger partial charge in [-0.25, -0.2) is 4.79 Å². The molecule has 1 unspecified atom stereocenters. The van der Waals surface area contributed by atoms with Crippen molar-refractivity contribution in [3.63, 3.8) is 0 Å². The van der Waals surface area contributed by atoms with Gasteiger partial charge in [-0.2, -0.15) is 5.11 Å². The summed E-state index contributed by atoms with van der Waals surface area (Å²) < 4.78 is 10.5. The van der Waals surface area contributed by atoms with Crippen molar-refractivity contribution < 1.29 is 19.1 Å². The molecular formula is C20H20N4O4. The van der Waals surface area contributed by atoms with Crippen molar-refractivity contribution in [1.82, 2.24) is 5.32 Å². The summed E-state index contributed by atoms with van der Waals surface area (Å²) in [7, 11) is 3.13. The number of benzene rings is 2. The van der Waals surface area contributed by atoms with Crippen molar-refractivity contribution in [2.24, 2.45) is 10.2 Å². The Labute approximate surface area is 162 Å². The molecule has 0 aromatic heterocycles. The highest BCUT2D eigenvalue weighted by Crippen LogP contribution is 2.29. The number of amides is 3. The van der Waals surface area contributed by atoms with Crippen LogP contribution in [-0.2, 0) is 11.3 Å². The Kier molecular flexibility index (Phi) is 6.01. The smallest absolute Gasteiger partial charge is 0.319 e. The van der Waals surface area contributed by atoms with Gasteiger partial charge in [0, 0.05) is 23.9 Å². The van der Waals surface area contributed by atoms with E-state index in [1.165, 1.54) is 6.08 Å². The third-order valence-electron chi connectivity index (χ3n) is 4.13. The maximum Gasteiger partial charge on any atom is 0.319 e. The van der Waals surface area contributed by atoms with Crippen molar-refractivity contribution >= 4 is 17.6 Å². The van der Waals surface area contributed by atoms with E-state index in [0.29, 0.717) is 23.7 Å². The number of ether oxygens (including phenoxy) is 2. The fourth-order valence-corrected chi connectivity index (χ4v) is 2.74. The number of carbonyl (C=O) groups excluding carboxylic acids is 2. The molecule has 0 radical (unpaired) electrons. The Bertz CT molecular complexity index is 924. The van der Waals surface area contributed by atoms with Crippen LogP contribution in [0.5, 0.6) is 11.5 Å². The van der Waals surface area contributed by atoms with E-state index in [1.54, 1.807) is 38.5 Å². The molecule has 2 aromatic rings. The molecule has 144 valence electrons. The number of nitrogens with one attached hydrogen (secondary N) is 2. The minimum atomic E-state index is -0.417. The Morgan fingerprint density at radius 3 is 2.61 bits per heavy atom. The van der Waals surface area contributed by atoms with Gasteiger partial charge in [-0.15, -0.1) is 5.11 Å². The van der Waals surface area contributed by atoms with Gasteiger partial charge < -0.3 is 20.1 Å². The molecule has 3 amide bonds. The number of rotatable bonds is 6. The van der Waals surface area contributed by atoms with Crippen LogP contribution in [0.4, 0.5) is 10.5 Å². The summed E-state index contributed by atoms with van der Waals surface area (Å²) in [6.07, 6.45) is 3.02. The van der Waals surface area contributed by atoms with Gasteiger partial charge >= 0.3 is 6.03 Å². The van der Waals surface area contributed by atoms with E-state index >= 15 is 0 Å². The largest absolute Gasteiger partial charge is 0.493 e. The average molecular weight is 380 g/mol. The molecule has 0 saturated heterocycles. The quantitative estimate of drug-likeness (QED) is 0.799. The molecule has 1 aliphatic rings. The molecule has 0 spiro atoms. The molecule has 28 heavy (non-hydrogen) atoms. The first kappa shape index (κ1) is 19.1. The number of urea groups is 1. The van der Waals surface area contributed by atoms with E-state index < -0.39 is 11.9 Å². The summed E-state index contributed by atoms with van der Waals surface area (Å²) in [6, 6.07) is 11.9. The topological polar surface area (TPSA) is 101 Å². The van der Waals surface area contributed by atoms with Crippen LogP contribution in [-0.4, -0.2) is 26.2 Å². The Morgan fingerprint density at radius 1 is 1.11 bits per heavy atom. The van der Waals surface area contributed by atoms with Crippen molar-refractivity contribution in [1.29, 1.82) is 0 Å². The lowest BCUT2D eigenvalue weighted by Gasteiger charge is -2.16. The van der Waals surface area contributed by atoms with Gasteiger partial charge in [0.25, 0.3) is 5.91 Å². The van der Waals surface area contributed by atoms with Gasteiger partial charge in [0.1, 0.15) is 6.04 Å². The number of hydrogen-bond acceptors (Lipinski definition) is 5. The summed E-state index contributed by atoms with van der Waals surface area (Å²) in [5, 5.41) is 13.1. The van der Waals surface area contributed by atoms with Crippen LogP contribution in [0, 0.1) is 0 Å². The summed E-state index contributed by atoms with van der Waals surface area (Å²) in [5.41, 5.74) is 2.20. The first-order valence-electron chi connectivity index (χ1n) is 8.58. The van der Waals surface area contributed by atoms with Gasteiger partial charge in [0.15, 0.2) is 11.5 Å². The number of carbonyl (C=O) groups is 2. The second-order valence-corrected chi connectivity index (χ2v) is 5.94. The maximum absolute atomic E-state index is 12.3. The Morgan fingerprint density at radius 2 is 1.89 bits per heavy atom. The van der Waals surface area contributed by atoms with Gasteiger partial charge in [0.2, 0.25) is 0 Å². The first-order chi connectivity index (χ1) is 13.6. The number of anilines is 1. The van der Waals surface area contributed by atoms with Gasteiger partial charge in [-0.3, -0.25) is 4.79 Å². The predicted molar refractivity (Wildman–Crippen MR) is 104 cm³/mol. The highest BCUT2D eigenvalue weighted by atomic mass is 16.5. The first-order valence-corrected chi connectivity index (χ1v) is 8.58. The average Bonchev–Trinajstić information content (AvgIpc) is 2.73. The summed E-state index contributed by atoms with van der Waals surface area (Å²) in [5.74, 6) is 0.823. The number of nitrogens with zero attached hydrogens (tertiary/aromatic N) is 2. The van der Waals surface area contributed by atoms with E-state index in [9.17, 15) is 9.59 Å². The molecule has 1 heterocycles. The van der Waals surface area contributed by atoms with Crippen molar-refractivity contribution in [3.8, 4) is 11.5 Å². The molecule has 3 rings (SSSR count). The summed E-state index contributed by atoms with van der Waals surface area (Å²) in [6.45, 7) is 0.311. The Hall–Kier alpha value is -3.68. The molecule has 2 aromatic carbocycles. The monoisotopic (exact) mass is 380 g/mol. The second-order valence-electron chi connectivity index (χ2n) is 5.94. The molecule has 8 heteroatoms. The number of hydrogen-bond donors (Lipinski definition) is 2. The van der Waals surface area contributed by atoms with Crippen LogP contribution in [0.1, 0.15) is 17.2 Å². The van der Waals surface area contributed by atoms with Crippen LogP contribution in [0.2, 0.25) is 0 Å². The lowest BCUT2D eigenvalue weighted by molar-refractivity contribution is -0.114. The zero-order chi connectivity index (χ0) is 19.9. The highest BCUT2D eigenvalue weighted by Gasteiger charge is 2.16. The SMILES string of the molecule is COc1ccc(CNC(=O)Nc2ccccc2C2C=CC(=O)N=N2)cc1OC. The van der Waals surface area contributed by atoms with E-state index in [2.05, 4.69) is 20.9 Å². The van der Waals surface area contributed by atoms with Crippen molar-refractivity contribution in [2.45, 2.75) is 12.6 Å². The Balaban J connectivity index is 1.65. The van der Waals surface area contributed by atoms with E-state index in [4.69, 9.17) is 9.47 Å². The lowest BCUT2D eigenvalue weighted by atomic mass is 10.0. The van der Waals surface area contributed by atoms with Crippen molar-refractivity contribution in [2.75, 3.05) is 19.5 Å². The molecule has 1 atom stereocenters. The fraction of sp³-hybridized carbons (Fsp3) is 0.200. The summed E-state index contributed by atoms with van der Waals surface area (Å²) in [4.78, 5) is 23.5. The minimum absolute atomic E-state index is 0.311. The third-order valence-corrected chi connectivity index (χ3v) is 4.13. The van der Waals surface area contributed by atoms with Gasteiger partial charge in [-0.1, -0.05) is 24.3 Å². The second kappa shape index (κ2) is 8.81. The molecule has 0 aliphatic carbocycles. The van der Waals surface area contributed by atoms with Crippen LogP contribution < -0.4 is 20.1 Å². The fourth-order valence-electron chi connectivity index (χ4n) is 2.74. The van der Waals surface area contributed by atoms with E-state index in [-0.39, 0.29) is 6.03 Å². The standard InChI is InChI=1S/C20H20N4O4/c1-27-17-9-7-13(11-18(17)28-2)12-21-20(26)22-15-6-4-3-5-14(15)16-8-10-19(25)24-23-16/h3-11,16H,12H2,1-2H3,(H2,21,22,26). The number of para-hydroxylation sites is 1. The predicted octanol–water partition coefficient (Wildman–Crippen LogP) is 3.62. The van der Waals surface area contributed by atoms with E-state index in [1.807, 2.05) is 24.3 Å². The molecule has 0 bridgehead atoms. The molecule has 2 N–H and O–H groups in total. The third kappa shape index (κ3) is 4.53. The molecule has 0 fully saturated rings. The number of azo groups is 1. The van der Waals surface area contributed by atoms with Gasteiger partial charge in [0.05, 0.1) is 14.2 Å². The van der Waals surface area contributed by atoms with Crippen LogP contribution in [0.15, 0.2) is 64.8 Å². The lowest BCUT2D eigenvalue weighted by Crippen LogP contribution is -2.28. The molecular weight excluding hydrogens is 360 g/mol. The van der Waals surface area contributed by atoms with E-state index in [0.717, 1.165) is 11.1 Å². The minimum Gasteiger partial charge on any atom is -0.493 e. The zero-order valence-electron chi connectivity index (χ0n) is 15.5. The highest BCUT2D eigenvalue weighted by molar-refractivity contribution is 5.91. The van der Waals surface area contributed by atoms with Gasteiger partial charge in [-0.05, 0) is 29.8 Å². The van der Waals surface area contributed by atoms with Crippen molar-refractivity contribution in [3.05, 3.63) is 65.7 Å². The number of methoxy groups -OCH3 is 2. The maximum atomic E-state index is 12.3.